The molecular weight excluding hydrogens is 378 g/mol. The number of hydrogen-bond donors (Lipinski definition) is 2. The highest BCUT2D eigenvalue weighted by Gasteiger charge is 2.14. The average Bonchev–Trinajstić information content (AvgIpc) is 2.70. The van der Waals surface area contributed by atoms with E-state index in [0.717, 1.165) is 0 Å². The van der Waals surface area contributed by atoms with Gasteiger partial charge in [0.2, 0.25) is 5.91 Å². The van der Waals surface area contributed by atoms with Crippen LogP contribution in [0.15, 0.2) is 83.9 Å². The van der Waals surface area contributed by atoms with Crippen LogP contribution in [0.2, 0.25) is 0 Å². The Morgan fingerprint density at radius 1 is 0.929 bits per heavy atom. The van der Waals surface area contributed by atoms with Crippen LogP contribution in [0, 0.1) is 0 Å². The van der Waals surface area contributed by atoms with Crippen molar-refractivity contribution in [3.8, 4) is 5.75 Å². The number of anilines is 2. The van der Waals surface area contributed by atoms with Crippen LogP contribution in [-0.2, 0) is 14.8 Å². The maximum Gasteiger partial charge on any atom is 0.263 e. The first-order valence-electron chi connectivity index (χ1n) is 8.54. The topological polar surface area (TPSA) is 97.4 Å². The summed E-state index contributed by atoms with van der Waals surface area (Å²) in [5, 5.41) is 2.71. The van der Waals surface area contributed by atoms with Gasteiger partial charge in [-0.05, 0) is 48.5 Å². The summed E-state index contributed by atoms with van der Waals surface area (Å²) < 4.78 is 32.6. The van der Waals surface area contributed by atoms with Crippen LogP contribution in [0.3, 0.4) is 0 Å². The van der Waals surface area contributed by atoms with Gasteiger partial charge in [-0.2, -0.15) is 0 Å². The molecule has 0 aliphatic rings. The van der Waals surface area contributed by atoms with Gasteiger partial charge in [0.05, 0.1) is 17.9 Å². The predicted molar refractivity (Wildman–Crippen MR) is 107 cm³/mol. The number of ether oxygens (including phenoxy) is 1. The molecule has 1 heterocycles. The van der Waals surface area contributed by atoms with E-state index in [0.29, 0.717) is 11.4 Å². The molecule has 0 unspecified atom stereocenters. The first-order chi connectivity index (χ1) is 13.5. The molecule has 3 aromatic rings. The van der Waals surface area contributed by atoms with Gasteiger partial charge in [-0.25, -0.2) is 13.4 Å². The molecule has 144 valence electrons. The minimum Gasteiger partial charge on any atom is -0.493 e. The second-order valence-electron chi connectivity index (χ2n) is 5.80. The minimum atomic E-state index is -3.75. The summed E-state index contributed by atoms with van der Waals surface area (Å²) in [7, 11) is -3.75. The van der Waals surface area contributed by atoms with Gasteiger partial charge >= 0.3 is 0 Å². The lowest BCUT2D eigenvalue weighted by Gasteiger charge is -2.09. The summed E-state index contributed by atoms with van der Waals surface area (Å²) in [6.07, 6.45) is 1.67. The van der Waals surface area contributed by atoms with Crippen molar-refractivity contribution in [1.82, 2.24) is 4.98 Å². The van der Waals surface area contributed by atoms with E-state index in [4.69, 9.17) is 4.74 Å². The second kappa shape index (κ2) is 9.01. The minimum absolute atomic E-state index is 0.0727. The highest BCUT2D eigenvalue weighted by Crippen LogP contribution is 2.17. The van der Waals surface area contributed by atoms with E-state index in [1.165, 1.54) is 30.5 Å². The molecule has 0 bridgehead atoms. The standard InChI is InChI=1S/C20H19N3O4S/c24-20(13-15-27-17-6-2-1-3-7-17)22-16-9-11-18(12-10-16)28(25,26)23-19-8-4-5-14-21-19/h1-12,14H,13,15H2,(H,21,23)(H,22,24). The van der Waals surface area contributed by atoms with Crippen LogP contribution in [0.1, 0.15) is 6.42 Å². The third-order valence-electron chi connectivity index (χ3n) is 3.69. The van der Waals surface area contributed by atoms with E-state index in [-0.39, 0.29) is 29.6 Å². The van der Waals surface area contributed by atoms with Crippen LogP contribution < -0.4 is 14.8 Å². The van der Waals surface area contributed by atoms with Crippen LogP contribution in [-0.4, -0.2) is 25.9 Å². The zero-order valence-corrected chi connectivity index (χ0v) is 15.7. The van der Waals surface area contributed by atoms with Gasteiger partial charge in [0.15, 0.2) is 0 Å². The van der Waals surface area contributed by atoms with Crippen molar-refractivity contribution in [2.24, 2.45) is 0 Å². The molecule has 1 amide bonds. The van der Waals surface area contributed by atoms with Gasteiger partial charge in [0.1, 0.15) is 11.6 Å². The smallest absolute Gasteiger partial charge is 0.263 e. The van der Waals surface area contributed by atoms with Crippen molar-refractivity contribution < 1.29 is 17.9 Å². The lowest BCUT2D eigenvalue weighted by Crippen LogP contribution is -2.16. The number of amides is 1. The van der Waals surface area contributed by atoms with Gasteiger partial charge in [0.25, 0.3) is 10.0 Å². The second-order valence-corrected chi connectivity index (χ2v) is 7.49. The highest BCUT2D eigenvalue weighted by molar-refractivity contribution is 7.92. The molecule has 2 aromatic carbocycles. The molecule has 1 aromatic heterocycles. The normalized spacial score (nSPS) is 10.9. The highest BCUT2D eigenvalue weighted by atomic mass is 32.2. The SMILES string of the molecule is O=C(CCOc1ccccc1)Nc1ccc(S(=O)(=O)Nc2ccccn2)cc1. The maximum absolute atomic E-state index is 12.4. The molecule has 0 aliphatic heterocycles. The van der Waals surface area contributed by atoms with Crippen LogP contribution >= 0.6 is 0 Å². The fourth-order valence-electron chi connectivity index (χ4n) is 2.34. The fourth-order valence-corrected chi connectivity index (χ4v) is 3.35. The molecule has 28 heavy (non-hydrogen) atoms. The van der Waals surface area contributed by atoms with E-state index in [9.17, 15) is 13.2 Å². The van der Waals surface area contributed by atoms with Gasteiger partial charge in [-0.3, -0.25) is 9.52 Å². The van der Waals surface area contributed by atoms with E-state index in [2.05, 4.69) is 15.0 Å². The number of nitrogens with zero attached hydrogens (tertiary/aromatic N) is 1. The van der Waals surface area contributed by atoms with E-state index in [1.54, 1.807) is 18.2 Å². The Labute approximate surface area is 163 Å². The van der Waals surface area contributed by atoms with E-state index < -0.39 is 10.0 Å². The summed E-state index contributed by atoms with van der Waals surface area (Å²) in [4.78, 5) is 16.0. The Balaban J connectivity index is 1.53. The monoisotopic (exact) mass is 397 g/mol. The zero-order valence-electron chi connectivity index (χ0n) is 14.9. The predicted octanol–water partition coefficient (Wildman–Crippen LogP) is 3.29. The summed E-state index contributed by atoms with van der Waals surface area (Å²) in [6, 6.07) is 20.1. The number of carbonyl (C=O) groups excluding carboxylic acids is 1. The van der Waals surface area contributed by atoms with Crippen molar-refractivity contribution in [2.75, 3.05) is 16.6 Å². The Kier molecular flexibility index (Phi) is 6.23. The number of aromatic nitrogens is 1. The number of hydrogen-bond acceptors (Lipinski definition) is 5. The number of nitrogens with one attached hydrogen (secondary N) is 2. The van der Waals surface area contributed by atoms with Crippen LogP contribution in [0.25, 0.3) is 0 Å². The molecule has 2 N–H and O–H groups in total. The summed E-state index contributed by atoms with van der Waals surface area (Å²) in [5.41, 5.74) is 0.501. The molecule has 0 saturated heterocycles. The summed E-state index contributed by atoms with van der Waals surface area (Å²) in [5.74, 6) is 0.710. The first kappa shape index (κ1) is 19.4. The molecule has 8 heteroatoms. The molecule has 7 nitrogen and oxygen atoms in total. The maximum atomic E-state index is 12.4. The molecule has 3 rings (SSSR count). The molecule has 0 spiro atoms. The van der Waals surface area contributed by atoms with Gasteiger partial charge in [-0.1, -0.05) is 24.3 Å². The number of rotatable bonds is 8. The number of carbonyl (C=O) groups is 1. The van der Waals surface area contributed by atoms with Crippen molar-refractivity contribution in [1.29, 1.82) is 0 Å². The van der Waals surface area contributed by atoms with E-state index in [1.807, 2.05) is 30.3 Å². The number of pyridine rings is 1. The Hall–Kier alpha value is -3.39. The molecule has 0 atom stereocenters. The molecule has 0 fully saturated rings. The van der Waals surface area contributed by atoms with Gasteiger partial charge < -0.3 is 10.1 Å². The quantitative estimate of drug-likeness (QED) is 0.608. The van der Waals surface area contributed by atoms with E-state index >= 15 is 0 Å². The van der Waals surface area contributed by atoms with Crippen LogP contribution in [0.5, 0.6) is 5.75 Å². The number of sulfonamides is 1. The first-order valence-corrected chi connectivity index (χ1v) is 10.0. The Morgan fingerprint density at radius 2 is 1.64 bits per heavy atom. The lowest BCUT2D eigenvalue weighted by molar-refractivity contribution is -0.116. The molecular formula is C20H19N3O4S. The Morgan fingerprint density at radius 3 is 2.32 bits per heavy atom. The molecule has 0 radical (unpaired) electrons. The zero-order chi connectivity index (χ0) is 19.8. The molecule has 0 saturated carbocycles. The third-order valence-corrected chi connectivity index (χ3v) is 5.06. The van der Waals surface area contributed by atoms with Crippen molar-refractivity contribution in [3.05, 3.63) is 79.0 Å². The fraction of sp³-hybridized carbons (Fsp3) is 0.100. The van der Waals surface area contributed by atoms with Crippen LogP contribution in [0.4, 0.5) is 11.5 Å². The Bertz CT molecular complexity index is 1010. The van der Waals surface area contributed by atoms with Crippen molar-refractivity contribution in [2.45, 2.75) is 11.3 Å². The lowest BCUT2D eigenvalue weighted by atomic mass is 10.3. The molecule has 0 aliphatic carbocycles. The number of benzene rings is 2. The van der Waals surface area contributed by atoms with Gasteiger partial charge in [0, 0.05) is 11.9 Å². The summed E-state index contributed by atoms with van der Waals surface area (Å²) in [6.45, 7) is 0.246. The largest absolute Gasteiger partial charge is 0.493 e. The van der Waals surface area contributed by atoms with Crippen molar-refractivity contribution in [3.63, 3.8) is 0 Å². The van der Waals surface area contributed by atoms with Gasteiger partial charge in [-0.15, -0.1) is 0 Å². The summed E-state index contributed by atoms with van der Waals surface area (Å²) >= 11 is 0. The number of para-hydroxylation sites is 1. The third kappa shape index (κ3) is 5.55. The average molecular weight is 397 g/mol. The van der Waals surface area contributed by atoms with Crippen molar-refractivity contribution >= 4 is 27.4 Å².